The van der Waals surface area contributed by atoms with Gasteiger partial charge in [0.1, 0.15) is 12.3 Å². The third kappa shape index (κ3) is 3.70. The zero-order valence-corrected chi connectivity index (χ0v) is 16.0. The van der Waals surface area contributed by atoms with Crippen molar-refractivity contribution in [1.82, 2.24) is 0 Å². The molecule has 0 aliphatic carbocycles. The molecule has 0 amide bonds. The summed E-state index contributed by atoms with van der Waals surface area (Å²) in [5.74, 6) is 1.74. The first-order chi connectivity index (χ1) is 12.0. The second-order valence-electron chi connectivity index (χ2n) is 5.88. The van der Waals surface area contributed by atoms with Gasteiger partial charge in [0, 0.05) is 51.4 Å². The molecule has 1 saturated heterocycles. The van der Waals surface area contributed by atoms with Crippen molar-refractivity contribution in [3.63, 3.8) is 0 Å². The number of nitriles is 1. The maximum Gasteiger partial charge on any atom is 0.339 e. The molecule has 0 bridgehead atoms. The molecule has 0 aromatic heterocycles. The number of ether oxygens (including phenoxy) is 1. The van der Waals surface area contributed by atoms with Gasteiger partial charge < -0.3 is 13.8 Å². The van der Waals surface area contributed by atoms with Crippen LogP contribution in [0.4, 0.5) is 11.4 Å². The van der Waals surface area contributed by atoms with Crippen molar-refractivity contribution in [2.45, 2.75) is 25.3 Å². The SMILES string of the molecule is N#CB1CCN(c2cc3c(cc2[N+](=O)[O-])C(=O)OC3)C(COSI)C1. The first-order valence-corrected chi connectivity index (χ1v) is 10.9. The number of rotatable bonds is 5. The molecule has 2 aliphatic rings. The maximum atomic E-state index is 11.7. The van der Waals surface area contributed by atoms with E-state index in [4.69, 9.17) is 8.92 Å². The lowest BCUT2D eigenvalue weighted by Gasteiger charge is -2.37. The summed E-state index contributed by atoms with van der Waals surface area (Å²) in [6, 6.07) is 2.81. The Hall–Kier alpha value is -1.52. The summed E-state index contributed by atoms with van der Waals surface area (Å²) in [6.07, 6.45) is 1.21. The third-order valence-electron chi connectivity index (χ3n) is 4.49. The number of esters is 1. The van der Waals surface area contributed by atoms with Gasteiger partial charge in [0.25, 0.3) is 12.4 Å². The van der Waals surface area contributed by atoms with E-state index in [-0.39, 0.29) is 30.6 Å². The summed E-state index contributed by atoms with van der Waals surface area (Å²) in [5.41, 5.74) is 1.22. The van der Waals surface area contributed by atoms with Crippen LogP contribution in [0, 0.1) is 21.3 Å². The molecule has 2 aliphatic heterocycles. The molecule has 1 atom stereocenters. The monoisotopic (exact) mass is 473 g/mol. The second kappa shape index (κ2) is 7.80. The van der Waals surface area contributed by atoms with Gasteiger partial charge in [-0.1, -0.05) is 0 Å². The number of nitro benzene ring substituents is 1. The molecule has 1 aromatic rings. The number of nitrogens with zero attached hydrogens (tertiary/aromatic N) is 3. The normalized spacial score (nSPS) is 19.4. The quantitative estimate of drug-likeness (QED) is 0.161. The van der Waals surface area contributed by atoms with Crippen molar-refractivity contribution in [1.29, 1.82) is 5.26 Å². The number of halogens is 1. The highest BCUT2D eigenvalue weighted by atomic mass is 127. The predicted molar refractivity (Wildman–Crippen MR) is 102 cm³/mol. The minimum absolute atomic E-state index is 0.0949. The molecule has 0 saturated carbocycles. The minimum Gasteiger partial charge on any atom is -0.457 e. The molecule has 0 N–H and O–H groups in total. The van der Waals surface area contributed by atoms with Gasteiger partial charge in [0.15, 0.2) is 0 Å². The third-order valence-corrected chi connectivity index (χ3v) is 5.48. The number of hydrogen-bond acceptors (Lipinski definition) is 8. The van der Waals surface area contributed by atoms with Gasteiger partial charge in [-0.2, -0.15) is 0 Å². The van der Waals surface area contributed by atoms with E-state index in [0.717, 1.165) is 0 Å². The van der Waals surface area contributed by atoms with Crippen LogP contribution in [0.3, 0.4) is 0 Å². The average Bonchev–Trinajstić information content (AvgIpc) is 2.98. The maximum absolute atomic E-state index is 11.7. The topological polar surface area (TPSA) is 106 Å². The Balaban J connectivity index is 1.99. The summed E-state index contributed by atoms with van der Waals surface area (Å²) >= 11 is 2.01. The van der Waals surface area contributed by atoms with E-state index in [1.807, 2.05) is 26.1 Å². The van der Waals surface area contributed by atoms with Crippen molar-refractivity contribution in [3.8, 4) is 5.97 Å². The number of benzene rings is 1. The summed E-state index contributed by atoms with van der Waals surface area (Å²) < 4.78 is 10.4. The number of nitro groups is 1. The van der Waals surface area contributed by atoms with E-state index in [9.17, 15) is 20.2 Å². The fourth-order valence-electron chi connectivity index (χ4n) is 3.27. The van der Waals surface area contributed by atoms with Crippen molar-refractivity contribution >= 4 is 54.5 Å². The van der Waals surface area contributed by atoms with Gasteiger partial charge in [-0.25, -0.2) is 10.1 Å². The van der Waals surface area contributed by atoms with Crippen LogP contribution in [0.1, 0.15) is 15.9 Å². The van der Waals surface area contributed by atoms with Crippen LogP contribution in [-0.2, 0) is 15.5 Å². The number of carbonyl (C=O) groups excluding carboxylic acids is 1. The van der Waals surface area contributed by atoms with Crippen LogP contribution >= 0.6 is 30.4 Å². The van der Waals surface area contributed by atoms with Gasteiger partial charge in [-0.3, -0.25) is 10.1 Å². The molecule has 1 fully saturated rings. The number of carbonyl (C=O) groups is 1. The Morgan fingerprint density at radius 3 is 3.08 bits per heavy atom. The smallest absolute Gasteiger partial charge is 0.339 e. The van der Waals surface area contributed by atoms with Crippen LogP contribution in [0.5, 0.6) is 0 Å². The molecule has 0 spiro atoms. The zero-order valence-electron chi connectivity index (χ0n) is 13.0. The highest BCUT2D eigenvalue weighted by Crippen LogP contribution is 2.38. The van der Waals surface area contributed by atoms with Crippen molar-refractivity contribution in [2.75, 3.05) is 18.1 Å². The van der Waals surface area contributed by atoms with E-state index in [1.54, 1.807) is 6.07 Å². The number of anilines is 1. The van der Waals surface area contributed by atoms with E-state index < -0.39 is 10.9 Å². The lowest BCUT2D eigenvalue weighted by atomic mass is 9.43. The zero-order chi connectivity index (χ0) is 18.0. The van der Waals surface area contributed by atoms with Gasteiger partial charge in [-0.05, 0) is 18.7 Å². The summed E-state index contributed by atoms with van der Waals surface area (Å²) in [7, 11) is 1.19. The lowest BCUT2D eigenvalue weighted by molar-refractivity contribution is -0.384. The van der Waals surface area contributed by atoms with Crippen molar-refractivity contribution in [2.24, 2.45) is 0 Å². The number of hydrogen-bond donors (Lipinski definition) is 0. The minimum atomic E-state index is -0.533. The largest absolute Gasteiger partial charge is 0.457 e. The molecule has 3 rings (SSSR count). The van der Waals surface area contributed by atoms with Crippen LogP contribution in [-0.4, -0.2) is 36.8 Å². The fourth-order valence-corrected chi connectivity index (χ4v) is 3.92. The summed E-state index contributed by atoms with van der Waals surface area (Å²) in [4.78, 5) is 24.7. The van der Waals surface area contributed by atoms with Gasteiger partial charge in [0.2, 0.25) is 0 Å². The van der Waals surface area contributed by atoms with Gasteiger partial charge in [-0.15, -0.1) is 0 Å². The molecule has 2 heterocycles. The van der Waals surface area contributed by atoms with Crippen LogP contribution in [0.15, 0.2) is 12.1 Å². The second-order valence-corrected chi connectivity index (χ2v) is 7.32. The van der Waals surface area contributed by atoms with Gasteiger partial charge >= 0.3 is 5.97 Å². The fraction of sp³-hybridized carbons (Fsp3) is 0.429. The molecule has 25 heavy (non-hydrogen) atoms. The Morgan fingerprint density at radius 1 is 1.60 bits per heavy atom. The van der Waals surface area contributed by atoms with E-state index >= 15 is 0 Å². The molecular formula is C14H13BIN3O5S. The lowest BCUT2D eigenvalue weighted by Crippen LogP contribution is -2.47. The van der Waals surface area contributed by atoms with Crippen LogP contribution in [0.25, 0.3) is 0 Å². The van der Waals surface area contributed by atoms with E-state index in [1.165, 1.54) is 15.3 Å². The summed E-state index contributed by atoms with van der Waals surface area (Å²) in [6.45, 7) is 0.906. The number of cyclic esters (lactones) is 1. The van der Waals surface area contributed by atoms with Crippen LogP contribution in [0.2, 0.25) is 12.6 Å². The Labute approximate surface area is 160 Å². The Kier molecular flexibility index (Phi) is 5.70. The molecule has 130 valence electrons. The standard InChI is InChI=1S/C14H13BIN3O5S/c16-25-24-7-10-5-15(8-17)1-2-18(10)12-3-9-6-23-14(20)11(9)4-13(12)19(21)22/h3-4,10H,1-2,5-7H2. The van der Waals surface area contributed by atoms with Crippen molar-refractivity contribution < 1.29 is 18.6 Å². The molecule has 8 nitrogen and oxygen atoms in total. The van der Waals surface area contributed by atoms with E-state index in [0.29, 0.717) is 37.0 Å². The average molecular weight is 473 g/mol. The molecule has 11 heteroatoms. The highest BCUT2D eigenvalue weighted by Gasteiger charge is 2.36. The Morgan fingerprint density at radius 2 is 2.40 bits per heavy atom. The van der Waals surface area contributed by atoms with Crippen LogP contribution < -0.4 is 4.90 Å². The molecule has 0 radical (unpaired) electrons. The van der Waals surface area contributed by atoms with E-state index in [2.05, 4.69) is 5.97 Å². The van der Waals surface area contributed by atoms with Gasteiger partial charge in [0.05, 0.1) is 26.3 Å². The molecule has 1 unspecified atom stereocenters. The summed E-state index contributed by atoms with van der Waals surface area (Å²) in [5, 5.41) is 20.8. The van der Waals surface area contributed by atoms with Crippen molar-refractivity contribution in [3.05, 3.63) is 33.4 Å². The first kappa shape index (κ1) is 18.3. The predicted octanol–water partition coefficient (Wildman–Crippen LogP) is 3.03. The number of fused-ring (bicyclic) bond motifs is 1. The highest BCUT2D eigenvalue weighted by molar-refractivity contribution is 14.2. The first-order valence-electron chi connectivity index (χ1n) is 7.60. The molecular weight excluding hydrogens is 460 g/mol. The molecule has 1 aromatic carbocycles. The Bertz CT molecular complexity index is 759.